The zero-order valence-corrected chi connectivity index (χ0v) is 17.6. The third-order valence-electron chi connectivity index (χ3n) is 5.11. The molecule has 1 aliphatic carbocycles. The van der Waals surface area contributed by atoms with E-state index >= 15 is 0 Å². The maximum Gasteiger partial charge on any atom is 0.339 e. The van der Waals surface area contributed by atoms with Crippen LogP contribution in [0.15, 0.2) is 41.3 Å². The topological polar surface area (TPSA) is 89.5 Å². The van der Waals surface area contributed by atoms with Crippen molar-refractivity contribution in [3.05, 3.63) is 64.2 Å². The molecule has 0 amide bonds. The highest BCUT2D eigenvalue weighted by Gasteiger charge is 2.24. The minimum atomic E-state index is -3.70. The highest BCUT2D eigenvalue weighted by atomic mass is 32.2. The molecule has 6 nitrogen and oxygen atoms in total. The quantitative estimate of drug-likeness (QED) is 0.554. The highest BCUT2D eigenvalue weighted by molar-refractivity contribution is 7.89. The number of Topliss-reactive ketones (excluding diaryl/α,β-unsaturated/α-hetero) is 1. The van der Waals surface area contributed by atoms with E-state index in [1.54, 1.807) is 26.0 Å². The van der Waals surface area contributed by atoms with Gasteiger partial charge in [0.2, 0.25) is 15.8 Å². The van der Waals surface area contributed by atoms with E-state index in [-0.39, 0.29) is 22.8 Å². The Balaban J connectivity index is 1.78. The van der Waals surface area contributed by atoms with E-state index in [1.807, 2.05) is 12.1 Å². The number of hydrogen-bond acceptors (Lipinski definition) is 5. The third-order valence-corrected chi connectivity index (χ3v) is 6.65. The Labute approximate surface area is 171 Å². The largest absolute Gasteiger partial charge is 0.451 e. The number of carbonyl (C=O) groups excluding carboxylic acids is 2. The second-order valence-electron chi connectivity index (χ2n) is 7.23. The van der Waals surface area contributed by atoms with Gasteiger partial charge in [0, 0.05) is 12.1 Å². The van der Waals surface area contributed by atoms with Crippen molar-refractivity contribution in [3.63, 3.8) is 0 Å². The van der Waals surface area contributed by atoms with Crippen LogP contribution < -0.4 is 4.72 Å². The molecule has 0 saturated heterocycles. The fourth-order valence-electron chi connectivity index (χ4n) is 3.50. The first-order valence-electron chi connectivity index (χ1n) is 9.70. The van der Waals surface area contributed by atoms with Gasteiger partial charge in [-0.2, -0.15) is 0 Å². The number of esters is 1. The Morgan fingerprint density at radius 2 is 1.83 bits per heavy atom. The van der Waals surface area contributed by atoms with Crippen molar-refractivity contribution in [1.29, 1.82) is 0 Å². The van der Waals surface area contributed by atoms with Gasteiger partial charge in [0.05, 0.1) is 10.5 Å². The normalized spacial score (nSPS) is 14.3. The molecule has 1 atom stereocenters. The summed E-state index contributed by atoms with van der Waals surface area (Å²) in [5.41, 5.74) is 3.65. The molecule has 0 aliphatic heterocycles. The molecule has 0 radical (unpaired) electrons. The van der Waals surface area contributed by atoms with E-state index in [2.05, 4.69) is 4.72 Å². The summed E-state index contributed by atoms with van der Waals surface area (Å²) in [6, 6.07) is 9.87. The number of carbonyl (C=O) groups is 2. The summed E-state index contributed by atoms with van der Waals surface area (Å²) in [4.78, 5) is 25.4. The number of aryl methyl sites for hydroxylation is 3. The smallest absolute Gasteiger partial charge is 0.339 e. The second-order valence-corrected chi connectivity index (χ2v) is 8.99. The van der Waals surface area contributed by atoms with Crippen molar-refractivity contribution in [1.82, 2.24) is 4.72 Å². The SMILES string of the molecule is CCNS(=O)(=O)c1ccc(C)c(C(=O)OC(C)C(=O)c2ccc3c(c2)CCC3)c1. The lowest BCUT2D eigenvalue weighted by molar-refractivity contribution is 0.0318. The Morgan fingerprint density at radius 3 is 2.55 bits per heavy atom. The predicted molar refractivity (Wildman–Crippen MR) is 110 cm³/mol. The Bertz CT molecular complexity index is 1060. The van der Waals surface area contributed by atoms with Gasteiger partial charge in [0.15, 0.2) is 6.10 Å². The Hall–Kier alpha value is -2.51. The molecule has 1 unspecified atom stereocenters. The molecule has 0 aromatic heterocycles. The van der Waals surface area contributed by atoms with E-state index in [0.717, 1.165) is 19.3 Å². The van der Waals surface area contributed by atoms with Gasteiger partial charge in [-0.05, 0) is 68.0 Å². The molecule has 1 aliphatic rings. The molecule has 0 heterocycles. The van der Waals surface area contributed by atoms with Crippen LogP contribution in [0.1, 0.15) is 57.7 Å². The molecule has 2 aromatic carbocycles. The highest BCUT2D eigenvalue weighted by Crippen LogP contribution is 2.24. The lowest BCUT2D eigenvalue weighted by atomic mass is 10.0. The monoisotopic (exact) mass is 415 g/mol. The molecule has 0 bridgehead atoms. The second kappa shape index (κ2) is 8.47. The summed E-state index contributed by atoms with van der Waals surface area (Å²) in [5, 5.41) is 0. The summed E-state index contributed by atoms with van der Waals surface area (Å²) < 4.78 is 32.2. The van der Waals surface area contributed by atoms with E-state index in [0.29, 0.717) is 11.1 Å². The van der Waals surface area contributed by atoms with Crippen LogP contribution in [0.2, 0.25) is 0 Å². The van der Waals surface area contributed by atoms with Gasteiger partial charge in [-0.15, -0.1) is 0 Å². The molecule has 0 fully saturated rings. The number of nitrogens with one attached hydrogen (secondary N) is 1. The molecule has 29 heavy (non-hydrogen) atoms. The van der Waals surface area contributed by atoms with E-state index < -0.39 is 22.1 Å². The van der Waals surface area contributed by atoms with Crippen molar-refractivity contribution >= 4 is 21.8 Å². The molecule has 2 aromatic rings. The van der Waals surface area contributed by atoms with E-state index in [4.69, 9.17) is 4.74 Å². The summed E-state index contributed by atoms with van der Waals surface area (Å²) in [6.45, 7) is 5.13. The van der Waals surface area contributed by atoms with Crippen LogP contribution >= 0.6 is 0 Å². The van der Waals surface area contributed by atoms with Gasteiger partial charge < -0.3 is 4.74 Å². The average Bonchev–Trinajstić information content (AvgIpc) is 3.15. The van der Waals surface area contributed by atoms with Crippen molar-refractivity contribution < 1.29 is 22.7 Å². The number of benzene rings is 2. The predicted octanol–water partition coefficient (Wildman–Crippen LogP) is 3.21. The first-order chi connectivity index (χ1) is 13.7. The molecular weight excluding hydrogens is 390 g/mol. The number of sulfonamides is 1. The molecule has 1 N–H and O–H groups in total. The van der Waals surface area contributed by atoms with Crippen LogP contribution in [0.4, 0.5) is 0 Å². The van der Waals surface area contributed by atoms with Crippen LogP contribution in [-0.4, -0.2) is 32.8 Å². The Kier molecular flexibility index (Phi) is 6.19. The van der Waals surface area contributed by atoms with Gasteiger partial charge in [0.25, 0.3) is 0 Å². The van der Waals surface area contributed by atoms with Gasteiger partial charge in [-0.1, -0.05) is 25.1 Å². The average molecular weight is 416 g/mol. The first kappa shape index (κ1) is 21.2. The van der Waals surface area contributed by atoms with Crippen molar-refractivity contribution in [2.75, 3.05) is 6.54 Å². The zero-order valence-electron chi connectivity index (χ0n) is 16.8. The maximum absolute atomic E-state index is 12.7. The fourth-order valence-corrected chi connectivity index (χ4v) is 4.57. The standard InChI is InChI=1S/C22H25NO5S/c1-4-23-29(26,27)19-11-8-14(2)20(13-19)22(25)28-15(3)21(24)18-10-9-16-6-5-7-17(16)12-18/h8-13,15,23H,4-7H2,1-3H3. The Morgan fingerprint density at radius 1 is 1.10 bits per heavy atom. The number of ether oxygens (including phenoxy) is 1. The molecule has 7 heteroatoms. The van der Waals surface area contributed by atoms with E-state index in [9.17, 15) is 18.0 Å². The lowest BCUT2D eigenvalue weighted by Crippen LogP contribution is -2.26. The summed E-state index contributed by atoms with van der Waals surface area (Å²) >= 11 is 0. The minimum Gasteiger partial charge on any atom is -0.451 e. The zero-order chi connectivity index (χ0) is 21.2. The van der Waals surface area contributed by atoms with Crippen molar-refractivity contribution in [3.8, 4) is 0 Å². The minimum absolute atomic E-state index is 0.0190. The van der Waals surface area contributed by atoms with Gasteiger partial charge in [-0.3, -0.25) is 4.79 Å². The van der Waals surface area contributed by atoms with Crippen molar-refractivity contribution in [2.24, 2.45) is 0 Å². The molecule has 0 spiro atoms. The molecule has 3 rings (SSSR count). The number of fused-ring (bicyclic) bond motifs is 1. The van der Waals surface area contributed by atoms with Crippen LogP contribution in [-0.2, 0) is 27.6 Å². The van der Waals surface area contributed by atoms with Crippen molar-refractivity contribution in [2.45, 2.75) is 51.0 Å². The van der Waals surface area contributed by atoms with E-state index in [1.165, 1.54) is 30.2 Å². The third kappa shape index (κ3) is 4.57. The van der Waals surface area contributed by atoms with Gasteiger partial charge >= 0.3 is 5.97 Å². The summed E-state index contributed by atoms with van der Waals surface area (Å²) in [6.07, 6.45) is 2.09. The fraction of sp³-hybridized carbons (Fsp3) is 0.364. The molecule has 154 valence electrons. The number of hydrogen-bond donors (Lipinski definition) is 1. The number of rotatable bonds is 7. The number of ketones is 1. The molecular formula is C22H25NO5S. The van der Waals surface area contributed by atoms with Gasteiger partial charge in [0.1, 0.15) is 0 Å². The van der Waals surface area contributed by atoms with Crippen LogP contribution in [0.3, 0.4) is 0 Å². The summed E-state index contributed by atoms with van der Waals surface area (Å²) in [7, 11) is -3.70. The van der Waals surface area contributed by atoms with Crippen LogP contribution in [0.25, 0.3) is 0 Å². The summed E-state index contributed by atoms with van der Waals surface area (Å²) in [5.74, 6) is -1.000. The van der Waals surface area contributed by atoms with Gasteiger partial charge in [-0.25, -0.2) is 17.9 Å². The van der Waals surface area contributed by atoms with Crippen LogP contribution in [0, 0.1) is 6.92 Å². The van der Waals surface area contributed by atoms with Crippen LogP contribution in [0.5, 0.6) is 0 Å². The molecule has 0 saturated carbocycles. The first-order valence-corrected chi connectivity index (χ1v) is 11.2. The maximum atomic E-state index is 12.7. The lowest BCUT2D eigenvalue weighted by Gasteiger charge is -2.15.